The first kappa shape index (κ1) is 15.1. The van der Waals surface area contributed by atoms with Gasteiger partial charge in [0.25, 0.3) is 0 Å². The van der Waals surface area contributed by atoms with E-state index in [1.165, 1.54) is 6.42 Å². The second-order valence-electron chi connectivity index (χ2n) is 5.59. The number of anilines is 1. The van der Waals surface area contributed by atoms with E-state index in [9.17, 15) is 5.26 Å². The Morgan fingerprint density at radius 3 is 2.64 bits per heavy atom. The topological polar surface area (TPSA) is 104 Å². The summed E-state index contributed by atoms with van der Waals surface area (Å²) >= 11 is 2.19. The molecule has 0 radical (unpaired) electrons. The third kappa shape index (κ3) is 2.52. The second kappa shape index (κ2) is 5.76. The Hall–Kier alpha value is -1.82. The Kier molecular flexibility index (Phi) is 3.95. The maximum Gasteiger partial charge on any atom is 0.220 e. The predicted molar refractivity (Wildman–Crippen MR) is 95.4 cm³/mol. The Bertz CT molecular complexity index is 696. The number of guanidine groups is 2. The van der Waals surface area contributed by atoms with Crippen molar-refractivity contribution in [2.75, 3.05) is 4.90 Å². The molecule has 22 heavy (non-hydrogen) atoms. The van der Waals surface area contributed by atoms with Crippen molar-refractivity contribution in [3.05, 3.63) is 27.3 Å². The summed E-state index contributed by atoms with van der Waals surface area (Å²) in [6.07, 6.45) is 5.03. The number of nitriles is 1. The maximum atomic E-state index is 9.48. The lowest BCUT2D eigenvalue weighted by atomic mass is 9.87. The number of halogens is 1. The molecular weight excluding hydrogens is 391 g/mol. The molecule has 7 heteroatoms. The lowest BCUT2D eigenvalue weighted by Crippen LogP contribution is -2.58. The first-order chi connectivity index (χ1) is 10.6. The summed E-state index contributed by atoms with van der Waals surface area (Å²) in [6, 6.07) is 7.97. The molecule has 1 saturated carbocycles. The van der Waals surface area contributed by atoms with Gasteiger partial charge in [0.1, 0.15) is 11.7 Å². The second-order valence-corrected chi connectivity index (χ2v) is 6.84. The average molecular weight is 408 g/mol. The van der Waals surface area contributed by atoms with E-state index in [4.69, 9.17) is 11.5 Å². The summed E-state index contributed by atoms with van der Waals surface area (Å²) < 4.78 is 1.01. The van der Waals surface area contributed by atoms with Gasteiger partial charge in [-0.25, -0.2) is 4.99 Å². The SMILES string of the molecule is N#Cc1cc(I)ccc1N1C(N)=NC(N)=NC12CCCCC2. The van der Waals surface area contributed by atoms with Crippen LogP contribution < -0.4 is 16.4 Å². The van der Waals surface area contributed by atoms with Gasteiger partial charge in [0.05, 0.1) is 11.3 Å². The highest BCUT2D eigenvalue weighted by atomic mass is 127. The third-order valence-corrected chi connectivity index (χ3v) is 4.84. The van der Waals surface area contributed by atoms with E-state index in [2.05, 4.69) is 38.6 Å². The summed E-state index contributed by atoms with van der Waals surface area (Å²) in [7, 11) is 0. The molecule has 114 valence electrons. The van der Waals surface area contributed by atoms with Crippen LogP contribution in [0.25, 0.3) is 0 Å². The average Bonchev–Trinajstić information content (AvgIpc) is 2.48. The number of hydrogen-bond donors (Lipinski definition) is 2. The predicted octanol–water partition coefficient (Wildman–Crippen LogP) is 2.27. The van der Waals surface area contributed by atoms with Crippen LogP contribution in [0.15, 0.2) is 28.2 Å². The van der Waals surface area contributed by atoms with Crippen molar-refractivity contribution in [3.8, 4) is 6.07 Å². The minimum atomic E-state index is -0.507. The molecule has 0 saturated heterocycles. The summed E-state index contributed by atoms with van der Waals surface area (Å²) in [5, 5.41) is 9.48. The van der Waals surface area contributed by atoms with Gasteiger partial charge in [0.2, 0.25) is 11.9 Å². The molecule has 0 aromatic heterocycles. The van der Waals surface area contributed by atoms with Crippen molar-refractivity contribution in [2.45, 2.75) is 37.8 Å². The van der Waals surface area contributed by atoms with Gasteiger partial charge >= 0.3 is 0 Å². The summed E-state index contributed by atoms with van der Waals surface area (Å²) in [4.78, 5) is 10.6. The quantitative estimate of drug-likeness (QED) is 0.696. The number of hydrogen-bond acceptors (Lipinski definition) is 6. The van der Waals surface area contributed by atoms with Crippen LogP contribution in [0, 0.1) is 14.9 Å². The van der Waals surface area contributed by atoms with E-state index in [-0.39, 0.29) is 5.96 Å². The molecule has 2 aliphatic rings. The fourth-order valence-corrected chi connectivity index (χ4v) is 3.75. The Morgan fingerprint density at radius 1 is 1.23 bits per heavy atom. The Morgan fingerprint density at radius 2 is 1.95 bits per heavy atom. The Balaban J connectivity index is 2.15. The lowest BCUT2D eigenvalue weighted by Gasteiger charge is -2.45. The minimum absolute atomic E-state index is 0.222. The van der Waals surface area contributed by atoms with E-state index in [0.717, 1.165) is 34.9 Å². The van der Waals surface area contributed by atoms with Gasteiger partial charge in [-0.2, -0.15) is 10.3 Å². The zero-order valence-corrected chi connectivity index (χ0v) is 14.2. The van der Waals surface area contributed by atoms with Gasteiger partial charge in [-0.05, 0) is 66.5 Å². The van der Waals surface area contributed by atoms with Gasteiger partial charge in [-0.15, -0.1) is 0 Å². The van der Waals surface area contributed by atoms with Gasteiger partial charge in [-0.3, -0.25) is 4.90 Å². The van der Waals surface area contributed by atoms with E-state index in [1.54, 1.807) is 0 Å². The lowest BCUT2D eigenvalue weighted by molar-refractivity contribution is 0.305. The van der Waals surface area contributed by atoms with Crippen LogP contribution in [-0.2, 0) is 0 Å². The van der Waals surface area contributed by atoms with Gasteiger partial charge in [0.15, 0.2) is 0 Å². The summed E-state index contributed by atoms with van der Waals surface area (Å²) in [5.74, 6) is 0.534. The fourth-order valence-electron chi connectivity index (χ4n) is 3.26. The first-order valence-corrected chi connectivity index (χ1v) is 8.33. The highest BCUT2D eigenvalue weighted by Crippen LogP contribution is 2.40. The van der Waals surface area contributed by atoms with Crippen LogP contribution in [0.4, 0.5) is 5.69 Å². The highest BCUT2D eigenvalue weighted by molar-refractivity contribution is 14.1. The molecule has 1 aromatic carbocycles. The fraction of sp³-hybridized carbons (Fsp3) is 0.400. The number of aliphatic imine (C=N–C) groups is 2. The molecule has 1 fully saturated rings. The first-order valence-electron chi connectivity index (χ1n) is 7.25. The molecule has 3 rings (SSSR count). The van der Waals surface area contributed by atoms with E-state index in [0.29, 0.717) is 11.5 Å². The van der Waals surface area contributed by atoms with Crippen molar-refractivity contribution in [1.29, 1.82) is 5.26 Å². The normalized spacial score (nSPS) is 20.3. The molecule has 1 aliphatic heterocycles. The molecule has 1 aliphatic carbocycles. The molecule has 6 nitrogen and oxygen atoms in total. The molecular formula is C15H17IN6. The van der Waals surface area contributed by atoms with Gasteiger partial charge < -0.3 is 11.5 Å². The minimum Gasteiger partial charge on any atom is -0.369 e. The largest absolute Gasteiger partial charge is 0.369 e. The Labute approximate surface area is 143 Å². The molecule has 0 atom stereocenters. The van der Waals surface area contributed by atoms with Crippen LogP contribution in [0.3, 0.4) is 0 Å². The van der Waals surface area contributed by atoms with Gasteiger partial charge in [-0.1, -0.05) is 6.42 Å². The van der Waals surface area contributed by atoms with Crippen LogP contribution >= 0.6 is 22.6 Å². The summed E-state index contributed by atoms with van der Waals surface area (Å²) in [6.45, 7) is 0. The zero-order valence-electron chi connectivity index (χ0n) is 12.1. The number of nitrogens with two attached hydrogens (primary N) is 2. The molecule has 1 aromatic rings. The molecule has 0 unspecified atom stereocenters. The van der Waals surface area contributed by atoms with Crippen molar-refractivity contribution in [3.63, 3.8) is 0 Å². The standard InChI is InChI=1S/C15H17IN6/c16-11-4-5-12(10(8-11)9-17)22-14(19)20-13(18)21-15(22)6-2-1-3-7-15/h4-5,8H,1-3,6-7H2,(H4,18,19,20,21). The van der Waals surface area contributed by atoms with Crippen molar-refractivity contribution < 1.29 is 0 Å². The van der Waals surface area contributed by atoms with E-state index >= 15 is 0 Å². The van der Waals surface area contributed by atoms with E-state index < -0.39 is 5.66 Å². The van der Waals surface area contributed by atoms with Crippen molar-refractivity contribution in [1.82, 2.24) is 0 Å². The van der Waals surface area contributed by atoms with E-state index in [1.807, 2.05) is 23.1 Å². The van der Waals surface area contributed by atoms with Crippen LogP contribution in [0.1, 0.15) is 37.7 Å². The number of rotatable bonds is 1. The number of benzene rings is 1. The van der Waals surface area contributed by atoms with Crippen LogP contribution in [0.2, 0.25) is 0 Å². The zero-order chi connectivity index (χ0) is 15.7. The maximum absolute atomic E-state index is 9.48. The molecule has 0 amide bonds. The van der Waals surface area contributed by atoms with Crippen LogP contribution in [-0.4, -0.2) is 17.6 Å². The molecule has 0 bridgehead atoms. The molecule has 1 spiro atoms. The highest BCUT2D eigenvalue weighted by Gasteiger charge is 2.43. The smallest absolute Gasteiger partial charge is 0.220 e. The number of nitrogens with zero attached hydrogens (tertiary/aromatic N) is 4. The third-order valence-electron chi connectivity index (χ3n) is 4.17. The monoisotopic (exact) mass is 408 g/mol. The summed E-state index contributed by atoms with van der Waals surface area (Å²) in [5.41, 5.74) is 12.8. The molecule has 4 N–H and O–H groups in total. The van der Waals surface area contributed by atoms with Crippen molar-refractivity contribution >= 4 is 40.2 Å². The van der Waals surface area contributed by atoms with Crippen molar-refractivity contribution in [2.24, 2.45) is 21.5 Å². The van der Waals surface area contributed by atoms with Gasteiger partial charge in [0, 0.05) is 3.57 Å². The van der Waals surface area contributed by atoms with Crippen LogP contribution in [0.5, 0.6) is 0 Å². The molecule has 1 heterocycles.